The van der Waals surface area contributed by atoms with Gasteiger partial charge in [-0.2, -0.15) is 0 Å². The molecule has 0 radical (unpaired) electrons. The molecule has 0 N–H and O–H groups in total. The Balaban J connectivity index is 1.74. The van der Waals surface area contributed by atoms with Crippen molar-refractivity contribution in [3.63, 3.8) is 0 Å². The van der Waals surface area contributed by atoms with Crippen LogP contribution in [0.4, 0.5) is 0 Å². The van der Waals surface area contributed by atoms with Gasteiger partial charge in [0.15, 0.2) is 0 Å². The van der Waals surface area contributed by atoms with Gasteiger partial charge < -0.3 is 0 Å². The summed E-state index contributed by atoms with van der Waals surface area (Å²) < 4.78 is 0. The zero-order chi connectivity index (χ0) is 24.9. The normalized spacial score (nSPS) is 11.8. The molecule has 0 aromatic heterocycles. The van der Waals surface area contributed by atoms with Crippen molar-refractivity contribution in [3.05, 3.63) is 133 Å². The second kappa shape index (κ2) is 8.61. The maximum absolute atomic E-state index is 2.44. The molecule has 37 heavy (non-hydrogen) atoms. The Morgan fingerprint density at radius 3 is 1.89 bits per heavy atom. The minimum absolute atomic E-state index is 0.459. The van der Waals surface area contributed by atoms with Crippen molar-refractivity contribution >= 4 is 43.1 Å². The van der Waals surface area contributed by atoms with E-state index in [1.165, 1.54) is 70.9 Å². The molecule has 0 aliphatic heterocycles. The number of hydrogen-bond donors (Lipinski definition) is 0. The molecule has 7 rings (SSSR count). The molecular formula is C37H28. The Morgan fingerprint density at radius 2 is 1.08 bits per heavy atom. The lowest BCUT2D eigenvalue weighted by Crippen LogP contribution is -1.94. The molecule has 0 bridgehead atoms. The molecule has 0 aliphatic carbocycles. The SMILES string of the molecule is CC(C)c1ccc2c(-c3ccc4ccccc4c3)c3ccc4ccccc4c3c(-c3ccccc3)c2c1. The van der Waals surface area contributed by atoms with Crippen LogP contribution >= 0.6 is 0 Å². The highest BCUT2D eigenvalue weighted by Crippen LogP contribution is 2.47. The van der Waals surface area contributed by atoms with Crippen LogP contribution in [0.2, 0.25) is 0 Å². The van der Waals surface area contributed by atoms with Crippen LogP contribution < -0.4 is 0 Å². The summed E-state index contributed by atoms with van der Waals surface area (Å²) in [6.07, 6.45) is 0. The molecule has 7 aromatic rings. The monoisotopic (exact) mass is 472 g/mol. The van der Waals surface area contributed by atoms with Gasteiger partial charge in [0, 0.05) is 0 Å². The summed E-state index contributed by atoms with van der Waals surface area (Å²) >= 11 is 0. The standard InChI is InChI=1S/C37H28/c1-24(2)28-19-20-32-34(23-28)36(27-12-4-3-5-13-27)37-31-15-9-8-11-26(31)18-21-33(37)35(32)30-17-16-25-10-6-7-14-29(25)22-30/h3-24H,1-2H3. The van der Waals surface area contributed by atoms with Crippen molar-refractivity contribution in [2.24, 2.45) is 0 Å². The summed E-state index contributed by atoms with van der Waals surface area (Å²) in [6, 6.07) is 47.0. The van der Waals surface area contributed by atoms with Crippen LogP contribution in [0, 0.1) is 0 Å². The van der Waals surface area contributed by atoms with E-state index in [1.807, 2.05) is 0 Å². The van der Waals surface area contributed by atoms with Crippen molar-refractivity contribution in [2.75, 3.05) is 0 Å². The lowest BCUT2D eigenvalue weighted by atomic mass is 9.82. The van der Waals surface area contributed by atoms with Gasteiger partial charge in [-0.25, -0.2) is 0 Å². The largest absolute Gasteiger partial charge is 0.0622 e. The summed E-state index contributed by atoms with van der Waals surface area (Å²) in [5.41, 5.74) is 6.54. The average molecular weight is 473 g/mol. The third-order valence-electron chi connectivity index (χ3n) is 7.80. The predicted molar refractivity (Wildman–Crippen MR) is 161 cm³/mol. The third kappa shape index (κ3) is 3.52. The molecule has 0 spiro atoms. The Bertz CT molecular complexity index is 1940. The van der Waals surface area contributed by atoms with E-state index in [4.69, 9.17) is 0 Å². The van der Waals surface area contributed by atoms with Gasteiger partial charge >= 0.3 is 0 Å². The van der Waals surface area contributed by atoms with E-state index in [9.17, 15) is 0 Å². The van der Waals surface area contributed by atoms with Crippen molar-refractivity contribution in [3.8, 4) is 22.3 Å². The fourth-order valence-electron chi connectivity index (χ4n) is 5.94. The summed E-state index contributed by atoms with van der Waals surface area (Å²) in [7, 11) is 0. The fourth-order valence-corrected chi connectivity index (χ4v) is 5.94. The van der Waals surface area contributed by atoms with Gasteiger partial charge in [-0.1, -0.05) is 135 Å². The van der Waals surface area contributed by atoms with Gasteiger partial charge in [0.25, 0.3) is 0 Å². The molecule has 0 nitrogen and oxygen atoms in total. The molecule has 0 heteroatoms. The highest BCUT2D eigenvalue weighted by atomic mass is 14.2. The summed E-state index contributed by atoms with van der Waals surface area (Å²) in [6.45, 7) is 4.56. The summed E-state index contributed by atoms with van der Waals surface area (Å²) in [4.78, 5) is 0. The first-order valence-corrected chi connectivity index (χ1v) is 13.1. The minimum Gasteiger partial charge on any atom is -0.0622 e. The molecule has 0 saturated heterocycles. The van der Waals surface area contributed by atoms with Gasteiger partial charge in [0.2, 0.25) is 0 Å². The van der Waals surface area contributed by atoms with E-state index in [1.54, 1.807) is 0 Å². The van der Waals surface area contributed by atoms with Crippen LogP contribution in [0.25, 0.3) is 65.3 Å². The Kier molecular flexibility index (Phi) is 5.08. The lowest BCUT2D eigenvalue weighted by molar-refractivity contribution is 0.869. The van der Waals surface area contributed by atoms with E-state index in [0.717, 1.165) is 0 Å². The average Bonchev–Trinajstić information content (AvgIpc) is 2.95. The van der Waals surface area contributed by atoms with E-state index < -0.39 is 0 Å². The quantitative estimate of drug-likeness (QED) is 0.177. The minimum atomic E-state index is 0.459. The van der Waals surface area contributed by atoms with Gasteiger partial charge in [0.1, 0.15) is 0 Å². The Morgan fingerprint density at radius 1 is 0.405 bits per heavy atom. The first kappa shape index (κ1) is 21.8. The number of benzene rings is 7. The zero-order valence-electron chi connectivity index (χ0n) is 21.2. The molecule has 0 amide bonds. The number of rotatable bonds is 3. The maximum Gasteiger partial charge on any atom is -0.00141 e. The van der Waals surface area contributed by atoms with E-state index in [-0.39, 0.29) is 0 Å². The van der Waals surface area contributed by atoms with Crippen LogP contribution in [0.5, 0.6) is 0 Å². The van der Waals surface area contributed by atoms with Gasteiger partial charge in [-0.05, 0) is 82.9 Å². The highest BCUT2D eigenvalue weighted by Gasteiger charge is 2.19. The highest BCUT2D eigenvalue weighted by molar-refractivity contribution is 6.28. The van der Waals surface area contributed by atoms with Crippen LogP contribution in [-0.4, -0.2) is 0 Å². The molecule has 0 saturated carbocycles. The third-order valence-corrected chi connectivity index (χ3v) is 7.80. The van der Waals surface area contributed by atoms with Crippen LogP contribution in [-0.2, 0) is 0 Å². The van der Waals surface area contributed by atoms with E-state index in [2.05, 4.69) is 141 Å². The van der Waals surface area contributed by atoms with Crippen LogP contribution in [0.15, 0.2) is 127 Å². The molecule has 176 valence electrons. The molecule has 7 aromatic carbocycles. The number of hydrogen-bond acceptors (Lipinski definition) is 0. The summed E-state index contributed by atoms with van der Waals surface area (Å²) in [5, 5.41) is 10.4. The molecular weight excluding hydrogens is 444 g/mol. The molecule has 0 heterocycles. The predicted octanol–water partition coefficient (Wildman–Crippen LogP) is 10.8. The smallest absolute Gasteiger partial charge is 0.00141 e. The number of fused-ring (bicyclic) bond motifs is 5. The molecule has 0 fully saturated rings. The van der Waals surface area contributed by atoms with E-state index in [0.29, 0.717) is 5.92 Å². The second-order valence-electron chi connectivity index (χ2n) is 10.3. The van der Waals surface area contributed by atoms with E-state index >= 15 is 0 Å². The Labute approximate surface area is 217 Å². The maximum atomic E-state index is 2.44. The second-order valence-corrected chi connectivity index (χ2v) is 10.3. The first-order chi connectivity index (χ1) is 18.2. The van der Waals surface area contributed by atoms with Gasteiger partial charge in [-0.15, -0.1) is 0 Å². The molecule has 0 unspecified atom stereocenters. The molecule has 0 atom stereocenters. The van der Waals surface area contributed by atoms with Crippen LogP contribution in [0.1, 0.15) is 25.3 Å². The zero-order valence-corrected chi connectivity index (χ0v) is 21.2. The lowest BCUT2D eigenvalue weighted by Gasteiger charge is -2.21. The van der Waals surface area contributed by atoms with Crippen molar-refractivity contribution in [2.45, 2.75) is 19.8 Å². The summed E-state index contributed by atoms with van der Waals surface area (Å²) in [5.74, 6) is 0.459. The van der Waals surface area contributed by atoms with Crippen molar-refractivity contribution < 1.29 is 0 Å². The van der Waals surface area contributed by atoms with Crippen molar-refractivity contribution in [1.82, 2.24) is 0 Å². The topological polar surface area (TPSA) is 0 Å². The Hall–Kier alpha value is -4.42. The molecule has 0 aliphatic rings. The fraction of sp³-hybridized carbons (Fsp3) is 0.0811. The van der Waals surface area contributed by atoms with Gasteiger partial charge in [0.05, 0.1) is 0 Å². The van der Waals surface area contributed by atoms with Gasteiger partial charge in [-0.3, -0.25) is 0 Å². The van der Waals surface area contributed by atoms with Crippen LogP contribution in [0.3, 0.4) is 0 Å². The first-order valence-electron chi connectivity index (χ1n) is 13.1. The van der Waals surface area contributed by atoms with Crippen molar-refractivity contribution in [1.29, 1.82) is 0 Å².